The highest BCUT2D eigenvalue weighted by Gasteiger charge is 2.52. The maximum atomic E-state index is 12.4. The van der Waals surface area contributed by atoms with E-state index in [-0.39, 0.29) is 12.5 Å². The quantitative estimate of drug-likeness (QED) is 0.477. The zero-order valence-electron chi connectivity index (χ0n) is 21.5. The smallest absolute Gasteiger partial charge is 0.302 e. The summed E-state index contributed by atoms with van der Waals surface area (Å²) >= 11 is 0. The molecular weight excluding hydrogens is 456 g/mol. The van der Waals surface area contributed by atoms with Crippen LogP contribution in [0.25, 0.3) is 10.9 Å². The van der Waals surface area contributed by atoms with Gasteiger partial charge >= 0.3 is 5.91 Å². The Bertz CT molecular complexity index is 1310. The fraction of sp³-hybridized carbons (Fsp3) is 0.464. The Hall–Kier alpha value is -3.39. The van der Waals surface area contributed by atoms with Crippen LogP contribution in [0.5, 0.6) is 17.4 Å². The van der Waals surface area contributed by atoms with Gasteiger partial charge in [-0.25, -0.2) is 0 Å². The van der Waals surface area contributed by atoms with Gasteiger partial charge in [0.05, 0.1) is 25.2 Å². The number of carbonyl (C=O) groups excluding carboxylic acids is 1. The van der Waals surface area contributed by atoms with Gasteiger partial charge in [0.25, 0.3) is 0 Å². The molecule has 36 heavy (non-hydrogen) atoms. The second-order valence-electron chi connectivity index (χ2n) is 11.4. The maximum Gasteiger partial charge on any atom is 0.302 e. The molecular formula is C28H35N4O4+. The van der Waals surface area contributed by atoms with Crippen molar-refractivity contribution < 1.29 is 24.3 Å². The summed E-state index contributed by atoms with van der Waals surface area (Å²) < 4.78 is 12.7. The average molecular weight is 492 g/mol. The Morgan fingerprint density at radius 1 is 1.11 bits per heavy atom. The number of azo groups is 1. The topological polar surface area (TPSA) is 89.8 Å². The molecule has 1 aliphatic carbocycles. The molecule has 1 saturated carbocycles. The number of carbonyl (C=O) groups is 1. The van der Waals surface area contributed by atoms with Gasteiger partial charge in [-0.05, 0) is 30.0 Å². The van der Waals surface area contributed by atoms with E-state index in [1.54, 1.807) is 25.3 Å². The number of amides is 1. The largest absolute Gasteiger partial charge is 0.493 e. The Kier molecular flexibility index (Phi) is 6.24. The van der Waals surface area contributed by atoms with Gasteiger partial charge in [0.2, 0.25) is 5.88 Å². The number of benzene rings is 2. The molecule has 2 N–H and O–H groups in total. The SMILES string of the molecule is COc1ccccc1OCC(=O)N=Nc1c(O)n(C[NH+]2C[C@@]3(C)C[C@@H]2CC(C)(C)C3)c2ccccc12. The van der Waals surface area contributed by atoms with Gasteiger partial charge in [0.1, 0.15) is 0 Å². The summed E-state index contributed by atoms with van der Waals surface area (Å²) in [5.74, 6) is 0.482. The van der Waals surface area contributed by atoms with Gasteiger partial charge in [0, 0.05) is 23.6 Å². The Balaban J connectivity index is 1.36. The zero-order chi connectivity index (χ0) is 25.5. The first-order valence-electron chi connectivity index (χ1n) is 12.5. The van der Waals surface area contributed by atoms with Crippen LogP contribution >= 0.6 is 0 Å². The molecule has 1 amide bonds. The summed E-state index contributed by atoms with van der Waals surface area (Å²) in [6, 6.07) is 15.4. The van der Waals surface area contributed by atoms with Crippen molar-refractivity contribution in [3.05, 3.63) is 48.5 Å². The van der Waals surface area contributed by atoms with Crippen LogP contribution in [-0.2, 0) is 11.5 Å². The molecule has 2 aliphatic rings. The highest BCUT2D eigenvalue weighted by atomic mass is 16.5. The van der Waals surface area contributed by atoms with Crippen molar-refractivity contribution in [2.24, 2.45) is 21.1 Å². The normalized spacial score (nSPS) is 24.9. The van der Waals surface area contributed by atoms with E-state index in [0.717, 1.165) is 17.4 Å². The number of likely N-dealkylation sites (tertiary alicyclic amines) is 1. The number of ether oxygens (including phenoxy) is 2. The Labute approximate surface area is 211 Å². The molecule has 1 saturated heterocycles. The molecule has 0 radical (unpaired) electrons. The number of nitrogens with one attached hydrogen (secondary N) is 1. The van der Waals surface area contributed by atoms with E-state index >= 15 is 0 Å². The van der Waals surface area contributed by atoms with Gasteiger partial charge in [-0.1, -0.05) is 51.1 Å². The lowest BCUT2D eigenvalue weighted by molar-refractivity contribution is -0.936. The lowest BCUT2D eigenvalue weighted by Crippen LogP contribution is -3.13. The van der Waals surface area contributed by atoms with E-state index in [9.17, 15) is 9.90 Å². The molecule has 1 aromatic heterocycles. The molecule has 8 heteroatoms. The van der Waals surface area contributed by atoms with Crippen molar-refractivity contribution in [1.82, 2.24) is 4.57 Å². The number of nitrogens with zero attached hydrogens (tertiary/aromatic N) is 3. The van der Waals surface area contributed by atoms with Crippen LogP contribution in [0.1, 0.15) is 40.0 Å². The number of hydrogen-bond acceptors (Lipinski definition) is 5. The lowest BCUT2D eigenvalue weighted by atomic mass is 9.65. The summed E-state index contributed by atoms with van der Waals surface area (Å²) in [5.41, 5.74) is 1.87. The van der Waals surface area contributed by atoms with Gasteiger partial charge in [-0.15, -0.1) is 10.2 Å². The molecule has 190 valence electrons. The number of hydrogen-bond donors (Lipinski definition) is 2. The van der Waals surface area contributed by atoms with Gasteiger partial charge in [0.15, 0.2) is 30.5 Å². The van der Waals surface area contributed by atoms with Crippen LogP contribution in [-0.4, -0.2) is 41.9 Å². The summed E-state index contributed by atoms with van der Waals surface area (Å²) in [7, 11) is 1.54. The first kappa shape index (κ1) is 24.3. The molecule has 2 aromatic carbocycles. The van der Waals surface area contributed by atoms with Gasteiger partial charge in [-0.3, -0.25) is 9.36 Å². The number of para-hydroxylation sites is 3. The molecule has 0 spiro atoms. The standard InChI is InChI=1S/C28H34N4O4/c1-27(2)13-19-14-28(3,16-27)17-31(19)18-32-21-10-6-5-9-20(21)25(26(32)34)30-29-24(33)15-36-23-12-8-7-11-22(23)35-4/h5-12,19,34H,13-18H2,1-4H3/p+1/t19-,28-/m0/s1. The Morgan fingerprint density at radius 3 is 2.61 bits per heavy atom. The third-order valence-electron chi connectivity index (χ3n) is 7.64. The molecule has 2 fully saturated rings. The van der Waals surface area contributed by atoms with Crippen molar-refractivity contribution in [2.45, 2.75) is 52.7 Å². The predicted octanol–water partition coefficient (Wildman–Crippen LogP) is 4.49. The van der Waals surface area contributed by atoms with Crippen molar-refractivity contribution in [3.8, 4) is 17.4 Å². The summed E-state index contributed by atoms with van der Waals surface area (Å²) in [6.07, 6.45) is 3.64. The zero-order valence-corrected chi connectivity index (χ0v) is 21.5. The summed E-state index contributed by atoms with van der Waals surface area (Å²) in [5, 5.41) is 20.0. The van der Waals surface area contributed by atoms with Gasteiger partial charge in [-0.2, -0.15) is 0 Å². The second kappa shape index (κ2) is 9.24. The maximum absolute atomic E-state index is 12.4. The number of fused-ring (bicyclic) bond motifs is 3. The monoisotopic (exact) mass is 491 g/mol. The van der Waals surface area contributed by atoms with Crippen molar-refractivity contribution in [1.29, 1.82) is 0 Å². The second-order valence-corrected chi connectivity index (χ2v) is 11.4. The lowest BCUT2D eigenvalue weighted by Gasteiger charge is -2.37. The molecule has 3 atom stereocenters. The molecule has 5 rings (SSSR count). The minimum atomic E-state index is -0.550. The van der Waals surface area contributed by atoms with E-state index in [0.29, 0.717) is 40.7 Å². The minimum absolute atomic E-state index is 0.0387. The van der Waals surface area contributed by atoms with Crippen LogP contribution < -0.4 is 14.4 Å². The summed E-state index contributed by atoms with van der Waals surface area (Å²) in [4.78, 5) is 13.9. The molecule has 1 unspecified atom stereocenters. The molecule has 8 nitrogen and oxygen atoms in total. The first-order valence-corrected chi connectivity index (χ1v) is 12.5. The van der Waals surface area contributed by atoms with E-state index in [1.807, 2.05) is 34.9 Å². The fourth-order valence-corrected chi connectivity index (χ4v) is 6.68. The predicted molar refractivity (Wildman–Crippen MR) is 137 cm³/mol. The number of methoxy groups -OCH3 is 1. The third kappa shape index (κ3) is 4.69. The summed E-state index contributed by atoms with van der Waals surface area (Å²) in [6.45, 7) is 8.61. The highest BCUT2D eigenvalue weighted by molar-refractivity contribution is 5.95. The van der Waals surface area contributed by atoms with Crippen LogP contribution in [0.15, 0.2) is 58.8 Å². The van der Waals surface area contributed by atoms with Crippen molar-refractivity contribution in [2.75, 3.05) is 20.3 Å². The number of quaternary nitrogens is 1. The first-order chi connectivity index (χ1) is 17.2. The van der Waals surface area contributed by atoms with Crippen LogP contribution in [0.4, 0.5) is 5.69 Å². The number of rotatable bonds is 7. The number of aromatic hydroxyl groups is 1. The molecule has 1 aliphatic heterocycles. The van der Waals surface area contributed by atoms with Crippen molar-refractivity contribution >= 4 is 22.5 Å². The molecule has 3 aromatic rings. The molecule has 2 bridgehead atoms. The Morgan fingerprint density at radius 2 is 1.83 bits per heavy atom. The number of aromatic nitrogens is 1. The van der Waals surface area contributed by atoms with Crippen molar-refractivity contribution in [3.63, 3.8) is 0 Å². The highest BCUT2D eigenvalue weighted by Crippen LogP contribution is 2.47. The van der Waals surface area contributed by atoms with Gasteiger partial charge < -0.3 is 19.5 Å². The van der Waals surface area contributed by atoms with E-state index < -0.39 is 5.91 Å². The average Bonchev–Trinajstić information content (AvgIpc) is 3.24. The minimum Gasteiger partial charge on any atom is -0.493 e. The van der Waals surface area contributed by atoms with Crippen LogP contribution in [0.2, 0.25) is 0 Å². The van der Waals surface area contributed by atoms with Crippen LogP contribution in [0.3, 0.4) is 0 Å². The third-order valence-corrected chi connectivity index (χ3v) is 7.64. The van der Waals surface area contributed by atoms with E-state index in [2.05, 4.69) is 31.0 Å². The van der Waals surface area contributed by atoms with Crippen LogP contribution in [0, 0.1) is 10.8 Å². The van der Waals surface area contributed by atoms with E-state index in [1.165, 1.54) is 24.2 Å². The molecule has 2 heterocycles. The fourth-order valence-electron chi connectivity index (χ4n) is 6.68. The van der Waals surface area contributed by atoms with E-state index in [4.69, 9.17) is 9.47 Å².